The van der Waals surface area contributed by atoms with Gasteiger partial charge in [0.1, 0.15) is 14.5 Å². The van der Waals surface area contributed by atoms with Crippen LogP contribution < -0.4 is 5.46 Å². The molecule has 1 aromatic carbocycles. The number of carbonyl (C=O) groups is 1. The molecule has 0 unspecified atom stereocenters. The average Bonchev–Trinajstić information content (AvgIpc) is 2.33. The first-order chi connectivity index (χ1) is 5.27. The molecule has 2 rings (SSSR count). The van der Waals surface area contributed by atoms with Gasteiger partial charge in [0.2, 0.25) is 0 Å². The Hall–Kier alpha value is -1.25. The van der Waals surface area contributed by atoms with Crippen molar-refractivity contribution in [2.24, 2.45) is 0 Å². The van der Waals surface area contributed by atoms with E-state index in [0.717, 1.165) is 16.6 Å². The van der Waals surface area contributed by atoms with E-state index in [4.69, 9.17) is 4.74 Å². The lowest BCUT2D eigenvalue weighted by Gasteiger charge is -1.93. The van der Waals surface area contributed by atoms with E-state index in [9.17, 15) is 4.79 Å². The Balaban J connectivity index is 2.60. The van der Waals surface area contributed by atoms with E-state index in [1.54, 1.807) is 0 Å². The Kier molecular flexibility index (Phi) is 1.25. The Morgan fingerprint density at radius 3 is 3.09 bits per heavy atom. The number of cyclic esters (lactones) is 1. The van der Waals surface area contributed by atoms with E-state index in [2.05, 4.69) is 0 Å². The second kappa shape index (κ2) is 2.12. The number of rotatable bonds is 0. The van der Waals surface area contributed by atoms with Crippen LogP contribution in [0.2, 0.25) is 0 Å². The molecule has 54 valence electrons. The zero-order valence-corrected chi connectivity index (χ0v) is 6.26. The zero-order chi connectivity index (χ0) is 7.84. The van der Waals surface area contributed by atoms with Crippen molar-refractivity contribution in [3.63, 3.8) is 0 Å². The van der Waals surface area contributed by atoms with Crippen molar-refractivity contribution in [1.29, 1.82) is 0 Å². The first-order valence-corrected chi connectivity index (χ1v) is 3.54. The van der Waals surface area contributed by atoms with Crippen LogP contribution in [0.3, 0.4) is 0 Å². The van der Waals surface area contributed by atoms with Gasteiger partial charge in [0.25, 0.3) is 0 Å². The highest BCUT2D eigenvalue weighted by Crippen LogP contribution is 2.17. The van der Waals surface area contributed by atoms with Crippen LogP contribution in [-0.2, 0) is 11.3 Å². The molecule has 1 aromatic rings. The lowest BCUT2D eigenvalue weighted by molar-refractivity contribution is 0.0535. The van der Waals surface area contributed by atoms with Crippen molar-refractivity contribution in [1.82, 2.24) is 0 Å². The summed E-state index contributed by atoms with van der Waals surface area (Å²) in [7, 11) is 1.96. The molecule has 0 amide bonds. The van der Waals surface area contributed by atoms with Crippen LogP contribution in [-0.4, -0.2) is 13.8 Å². The predicted molar refractivity (Wildman–Crippen MR) is 43.7 cm³/mol. The SMILES string of the molecule is Bc1ccc2c(c1)C(=O)OC2. The van der Waals surface area contributed by atoms with E-state index < -0.39 is 0 Å². The molecule has 3 heteroatoms. The molecular formula is C8H7BO2. The fourth-order valence-electron chi connectivity index (χ4n) is 1.23. The molecule has 2 nitrogen and oxygen atoms in total. The number of hydrogen-bond acceptors (Lipinski definition) is 2. The third-order valence-corrected chi connectivity index (χ3v) is 1.84. The molecule has 0 atom stereocenters. The lowest BCUT2D eigenvalue weighted by Crippen LogP contribution is -2.05. The van der Waals surface area contributed by atoms with Gasteiger partial charge >= 0.3 is 5.97 Å². The highest BCUT2D eigenvalue weighted by molar-refractivity contribution is 6.32. The Morgan fingerprint density at radius 1 is 1.45 bits per heavy atom. The van der Waals surface area contributed by atoms with Gasteiger partial charge < -0.3 is 4.74 Å². The van der Waals surface area contributed by atoms with Gasteiger partial charge in [0, 0.05) is 5.56 Å². The van der Waals surface area contributed by atoms with E-state index >= 15 is 0 Å². The molecule has 0 bridgehead atoms. The summed E-state index contributed by atoms with van der Waals surface area (Å²) >= 11 is 0. The van der Waals surface area contributed by atoms with E-state index in [1.165, 1.54) is 0 Å². The van der Waals surface area contributed by atoms with Crippen LogP contribution in [0.5, 0.6) is 0 Å². The summed E-state index contributed by atoms with van der Waals surface area (Å²) in [5.74, 6) is -0.191. The highest BCUT2D eigenvalue weighted by atomic mass is 16.5. The molecule has 0 N–H and O–H groups in total. The van der Waals surface area contributed by atoms with Crippen LogP contribution in [0.1, 0.15) is 15.9 Å². The standard InChI is InChI=1S/C8H7BO2/c9-6-2-1-5-4-11-8(10)7(5)3-6/h1-3H,4,9H2. The summed E-state index contributed by atoms with van der Waals surface area (Å²) in [6.45, 7) is 0.439. The molecule has 1 heterocycles. The number of hydrogen-bond donors (Lipinski definition) is 0. The first-order valence-electron chi connectivity index (χ1n) is 3.54. The Bertz CT molecular complexity index is 320. The summed E-state index contributed by atoms with van der Waals surface area (Å²) in [6, 6.07) is 5.79. The fourth-order valence-corrected chi connectivity index (χ4v) is 1.23. The monoisotopic (exact) mass is 146 g/mol. The van der Waals surface area contributed by atoms with Crippen molar-refractivity contribution in [2.45, 2.75) is 6.61 Å². The van der Waals surface area contributed by atoms with Gasteiger partial charge in [-0.1, -0.05) is 23.7 Å². The van der Waals surface area contributed by atoms with Gasteiger partial charge in [-0.05, 0) is 0 Å². The first kappa shape index (κ1) is 6.46. The average molecular weight is 146 g/mol. The van der Waals surface area contributed by atoms with Crippen LogP contribution >= 0.6 is 0 Å². The van der Waals surface area contributed by atoms with Crippen LogP contribution in [0.25, 0.3) is 0 Å². The van der Waals surface area contributed by atoms with Gasteiger partial charge in [-0.15, -0.1) is 0 Å². The number of benzene rings is 1. The highest BCUT2D eigenvalue weighted by Gasteiger charge is 2.19. The minimum Gasteiger partial charge on any atom is -0.457 e. The van der Waals surface area contributed by atoms with Gasteiger partial charge in [-0.2, -0.15) is 0 Å². The molecule has 1 aliphatic heterocycles. The summed E-state index contributed by atoms with van der Waals surface area (Å²) in [4.78, 5) is 11.0. The second-order valence-corrected chi connectivity index (χ2v) is 2.74. The smallest absolute Gasteiger partial charge is 0.338 e. The molecule has 0 saturated carbocycles. The molecule has 1 aliphatic rings. The van der Waals surface area contributed by atoms with Crippen molar-refractivity contribution in [3.8, 4) is 0 Å². The summed E-state index contributed by atoms with van der Waals surface area (Å²) < 4.78 is 4.84. The van der Waals surface area contributed by atoms with Crippen molar-refractivity contribution >= 4 is 19.3 Å². The fraction of sp³-hybridized carbons (Fsp3) is 0.125. The van der Waals surface area contributed by atoms with Crippen molar-refractivity contribution in [3.05, 3.63) is 29.3 Å². The molecule has 0 radical (unpaired) electrons. The van der Waals surface area contributed by atoms with Gasteiger partial charge in [-0.3, -0.25) is 0 Å². The maximum atomic E-state index is 11.0. The summed E-state index contributed by atoms with van der Waals surface area (Å²) in [5, 5.41) is 0. The maximum Gasteiger partial charge on any atom is 0.338 e. The largest absolute Gasteiger partial charge is 0.457 e. The summed E-state index contributed by atoms with van der Waals surface area (Å²) in [6.07, 6.45) is 0. The summed E-state index contributed by atoms with van der Waals surface area (Å²) in [5.41, 5.74) is 2.83. The molecule has 0 fully saturated rings. The molecule has 0 spiro atoms. The number of fused-ring (bicyclic) bond motifs is 1. The van der Waals surface area contributed by atoms with E-state index in [0.29, 0.717) is 6.61 Å². The third-order valence-electron chi connectivity index (χ3n) is 1.84. The van der Waals surface area contributed by atoms with Crippen LogP contribution in [0.15, 0.2) is 18.2 Å². The van der Waals surface area contributed by atoms with Crippen molar-refractivity contribution < 1.29 is 9.53 Å². The Morgan fingerprint density at radius 2 is 2.27 bits per heavy atom. The molecule has 11 heavy (non-hydrogen) atoms. The second-order valence-electron chi connectivity index (χ2n) is 2.74. The minimum absolute atomic E-state index is 0.191. The normalized spacial score (nSPS) is 14.4. The minimum atomic E-state index is -0.191. The van der Waals surface area contributed by atoms with Crippen molar-refractivity contribution in [2.75, 3.05) is 0 Å². The van der Waals surface area contributed by atoms with Crippen LogP contribution in [0.4, 0.5) is 0 Å². The molecular weight excluding hydrogens is 139 g/mol. The number of esters is 1. The van der Waals surface area contributed by atoms with Gasteiger partial charge in [-0.25, -0.2) is 4.79 Å². The zero-order valence-electron chi connectivity index (χ0n) is 6.26. The quantitative estimate of drug-likeness (QED) is 0.368. The molecule has 0 aliphatic carbocycles. The number of carbonyl (C=O) groups excluding carboxylic acids is 1. The molecule has 0 aromatic heterocycles. The van der Waals surface area contributed by atoms with E-state index in [1.807, 2.05) is 26.0 Å². The van der Waals surface area contributed by atoms with E-state index in [-0.39, 0.29) is 5.97 Å². The third kappa shape index (κ3) is 0.927. The maximum absolute atomic E-state index is 11.0. The van der Waals surface area contributed by atoms with Gasteiger partial charge in [0.05, 0.1) is 5.56 Å². The van der Waals surface area contributed by atoms with Crippen LogP contribution in [0, 0.1) is 0 Å². The predicted octanol–water partition coefficient (Wildman–Crippen LogP) is -0.385. The molecule has 0 saturated heterocycles. The van der Waals surface area contributed by atoms with Gasteiger partial charge in [0.15, 0.2) is 0 Å². The topological polar surface area (TPSA) is 26.3 Å². The lowest BCUT2D eigenvalue weighted by atomic mass is 9.93. The Labute approximate surface area is 65.6 Å². The number of ether oxygens (including phenoxy) is 1.